The number of aryl methyl sites for hydroxylation is 2. The molecule has 3 rings (SSSR count). The van der Waals surface area contributed by atoms with Gasteiger partial charge in [-0.15, -0.1) is 11.3 Å². The predicted molar refractivity (Wildman–Crippen MR) is 124 cm³/mol. The Kier molecular flexibility index (Phi) is 7.89. The fraction of sp³-hybridized carbons (Fsp3) is 0.545. The van der Waals surface area contributed by atoms with Crippen molar-refractivity contribution >= 4 is 23.0 Å². The summed E-state index contributed by atoms with van der Waals surface area (Å²) in [7, 11) is 3.91. The van der Waals surface area contributed by atoms with Crippen LogP contribution in [0.25, 0.3) is 0 Å². The second-order valence-corrected chi connectivity index (χ2v) is 8.77. The largest absolute Gasteiger partial charge is 0.369 e. The number of anilines is 1. The summed E-state index contributed by atoms with van der Waals surface area (Å²) in [6, 6.07) is 8.83. The minimum atomic E-state index is 0.783. The Hall–Kier alpha value is -2.12. The zero-order valence-electron chi connectivity index (χ0n) is 18.2. The second-order valence-electron chi connectivity index (χ2n) is 7.71. The molecule has 1 aliphatic rings. The molecule has 29 heavy (non-hydrogen) atoms. The van der Waals surface area contributed by atoms with Crippen molar-refractivity contribution in [1.29, 1.82) is 0 Å². The van der Waals surface area contributed by atoms with Crippen LogP contribution in [0.3, 0.4) is 0 Å². The molecule has 1 aliphatic heterocycles. The number of aliphatic imine (C=N–C) groups is 1. The predicted octanol–water partition coefficient (Wildman–Crippen LogP) is 2.98. The van der Waals surface area contributed by atoms with Crippen molar-refractivity contribution in [2.75, 3.05) is 58.3 Å². The molecule has 1 aromatic heterocycles. The van der Waals surface area contributed by atoms with E-state index in [1.807, 2.05) is 14.0 Å². The van der Waals surface area contributed by atoms with Crippen LogP contribution < -0.4 is 10.2 Å². The number of aromatic nitrogens is 1. The zero-order chi connectivity index (χ0) is 20.6. The quantitative estimate of drug-likeness (QED) is 0.429. The van der Waals surface area contributed by atoms with Crippen LogP contribution in [0.2, 0.25) is 0 Å². The lowest BCUT2D eigenvalue weighted by Crippen LogP contribution is -2.47. The Morgan fingerprint density at radius 3 is 2.69 bits per heavy atom. The van der Waals surface area contributed by atoms with Crippen LogP contribution in [0.5, 0.6) is 0 Å². The van der Waals surface area contributed by atoms with Crippen LogP contribution >= 0.6 is 11.3 Å². The van der Waals surface area contributed by atoms with Crippen molar-refractivity contribution in [2.24, 2.45) is 4.99 Å². The molecule has 0 spiro atoms. The third-order valence-electron chi connectivity index (χ3n) is 5.31. The topological polar surface area (TPSA) is 47.0 Å². The van der Waals surface area contributed by atoms with Gasteiger partial charge in [0.1, 0.15) is 0 Å². The fourth-order valence-electron chi connectivity index (χ4n) is 3.74. The third-order valence-corrected chi connectivity index (χ3v) is 6.13. The SMILES string of the molecule is CN=C(NCCCN1CCN(c2cccc(C)c2)CC1)N(C)Cc1csc(C)n1. The monoisotopic (exact) mass is 414 g/mol. The number of thiazole rings is 1. The van der Waals surface area contributed by atoms with E-state index in [1.54, 1.807) is 11.3 Å². The van der Waals surface area contributed by atoms with E-state index >= 15 is 0 Å². The normalized spacial score (nSPS) is 15.6. The maximum absolute atomic E-state index is 4.54. The fourth-order valence-corrected chi connectivity index (χ4v) is 4.34. The van der Waals surface area contributed by atoms with Crippen LogP contribution in [-0.2, 0) is 6.54 Å². The number of hydrogen-bond donors (Lipinski definition) is 1. The third kappa shape index (κ3) is 6.44. The number of piperazine rings is 1. The molecule has 0 radical (unpaired) electrons. The van der Waals surface area contributed by atoms with Gasteiger partial charge in [0.2, 0.25) is 0 Å². The maximum atomic E-state index is 4.54. The first-order chi connectivity index (χ1) is 14.0. The van der Waals surface area contributed by atoms with E-state index in [9.17, 15) is 0 Å². The second kappa shape index (κ2) is 10.6. The molecule has 1 fully saturated rings. The average Bonchev–Trinajstić information content (AvgIpc) is 3.13. The Labute approximate surface area is 179 Å². The van der Waals surface area contributed by atoms with E-state index in [0.29, 0.717) is 0 Å². The van der Waals surface area contributed by atoms with Crippen LogP contribution in [0, 0.1) is 13.8 Å². The molecule has 6 nitrogen and oxygen atoms in total. The first-order valence-electron chi connectivity index (χ1n) is 10.4. The van der Waals surface area contributed by atoms with Gasteiger partial charge in [0.05, 0.1) is 17.2 Å². The van der Waals surface area contributed by atoms with Gasteiger partial charge in [-0.25, -0.2) is 4.98 Å². The van der Waals surface area contributed by atoms with Crippen molar-refractivity contribution in [2.45, 2.75) is 26.8 Å². The standard InChI is InChI=1S/C22H34N6S/c1-18-7-5-8-21(15-18)28-13-11-27(12-14-28)10-6-9-24-22(23-3)26(4)16-20-17-29-19(2)25-20/h5,7-8,15,17H,6,9-14,16H2,1-4H3,(H,23,24). The maximum Gasteiger partial charge on any atom is 0.193 e. The molecule has 1 aromatic carbocycles. The van der Waals surface area contributed by atoms with Gasteiger partial charge in [-0.05, 0) is 44.5 Å². The molecular weight excluding hydrogens is 380 g/mol. The molecule has 0 aliphatic carbocycles. The van der Waals surface area contributed by atoms with Crippen molar-refractivity contribution < 1.29 is 0 Å². The molecule has 1 saturated heterocycles. The molecule has 0 amide bonds. The van der Waals surface area contributed by atoms with E-state index in [4.69, 9.17) is 0 Å². The van der Waals surface area contributed by atoms with Crippen LogP contribution in [-0.4, -0.2) is 74.1 Å². The van der Waals surface area contributed by atoms with E-state index in [-0.39, 0.29) is 0 Å². The number of guanidine groups is 1. The minimum Gasteiger partial charge on any atom is -0.369 e. The lowest BCUT2D eigenvalue weighted by Gasteiger charge is -2.36. The van der Waals surface area contributed by atoms with Gasteiger partial charge >= 0.3 is 0 Å². The Morgan fingerprint density at radius 1 is 1.24 bits per heavy atom. The molecular formula is C22H34N6S. The van der Waals surface area contributed by atoms with E-state index in [1.165, 1.54) is 11.3 Å². The highest BCUT2D eigenvalue weighted by Crippen LogP contribution is 2.17. The van der Waals surface area contributed by atoms with E-state index in [0.717, 1.165) is 68.9 Å². The van der Waals surface area contributed by atoms with Crippen LogP contribution in [0.4, 0.5) is 5.69 Å². The number of rotatable bonds is 7. The van der Waals surface area contributed by atoms with Gasteiger partial charge in [-0.3, -0.25) is 9.89 Å². The molecule has 158 valence electrons. The molecule has 2 aromatic rings. The smallest absolute Gasteiger partial charge is 0.193 e. The summed E-state index contributed by atoms with van der Waals surface area (Å²) >= 11 is 1.70. The van der Waals surface area contributed by atoms with Gasteiger partial charge in [-0.1, -0.05) is 12.1 Å². The molecule has 0 bridgehead atoms. The molecule has 2 heterocycles. The van der Waals surface area contributed by atoms with Crippen molar-refractivity contribution in [1.82, 2.24) is 20.1 Å². The summed E-state index contributed by atoms with van der Waals surface area (Å²) in [5.41, 5.74) is 3.79. The highest BCUT2D eigenvalue weighted by Gasteiger charge is 2.17. The summed E-state index contributed by atoms with van der Waals surface area (Å²) < 4.78 is 0. The summed E-state index contributed by atoms with van der Waals surface area (Å²) in [5, 5.41) is 6.72. The van der Waals surface area contributed by atoms with Gasteiger partial charge in [0.25, 0.3) is 0 Å². The molecule has 0 saturated carbocycles. The minimum absolute atomic E-state index is 0.783. The Bertz CT molecular complexity index is 794. The summed E-state index contributed by atoms with van der Waals surface area (Å²) in [6.07, 6.45) is 1.12. The number of nitrogens with zero attached hydrogens (tertiary/aromatic N) is 5. The van der Waals surface area contributed by atoms with Gasteiger partial charge in [0, 0.05) is 57.9 Å². The first kappa shape index (κ1) is 21.6. The summed E-state index contributed by atoms with van der Waals surface area (Å²) in [4.78, 5) is 16.2. The summed E-state index contributed by atoms with van der Waals surface area (Å²) in [6.45, 7) is 11.5. The number of hydrogen-bond acceptors (Lipinski definition) is 5. The number of benzene rings is 1. The van der Waals surface area contributed by atoms with Crippen LogP contribution in [0.1, 0.15) is 22.7 Å². The van der Waals surface area contributed by atoms with Crippen LogP contribution in [0.15, 0.2) is 34.6 Å². The Balaban J connectivity index is 1.35. The lowest BCUT2D eigenvalue weighted by molar-refractivity contribution is 0.255. The molecule has 1 N–H and O–H groups in total. The zero-order valence-corrected chi connectivity index (χ0v) is 19.0. The highest BCUT2D eigenvalue weighted by atomic mass is 32.1. The Morgan fingerprint density at radius 2 is 2.03 bits per heavy atom. The van der Waals surface area contributed by atoms with E-state index < -0.39 is 0 Å². The first-order valence-corrected chi connectivity index (χ1v) is 11.3. The summed E-state index contributed by atoms with van der Waals surface area (Å²) in [5.74, 6) is 0.930. The molecule has 0 unspecified atom stereocenters. The number of nitrogens with one attached hydrogen (secondary N) is 1. The highest BCUT2D eigenvalue weighted by molar-refractivity contribution is 7.09. The van der Waals surface area contributed by atoms with Crippen molar-refractivity contribution in [3.05, 3.63) is 45.9 Å². The molecule has 7 heteroatoms. The van der Waals surface area contributed by atoms with E-state index in [2.05, 4.69) is 73.6 Å². The van der Waals surface area contributed by atoms with Crippen molar-refractivity contribution in [3.8, 4) is 0 Å². The van der Waals surface area contributed by atoms with Gasteiger partial charge in [-0.2, -0.15) is 0 Å². The van der Waals surface area contributed by atoms with Crippen molar-refractivity contribution in [3.63, 3.8) is 0 Å². The van der Waals surface area contributed by atoms with Gasteiger partial charge in [0.15, 0.2) is 5.96 Å². The average molecular weight is 415 g/mol. The lowest BCUT2D eigenvalue weighted by atomic mass is 10.2. The molecule has 0 atom stereocenters. The van der Waals surface area contributed by atoms with Gasteiger partial charge < -0.3 is 15.1 Å².